The Kier molecular flexibility index (Phi) is 6.99. The Bertz CT molecular complexity index is 328. The maximum atomic E-state index is 11.0. The number of carbonyl (C=O) groups is 2. The number of carbonyl (C=O) groups excluding carboxylic acids is 2. The van der Waals surface area contributed by atoms with Gasteiger partial charge in [0, 0.05) is 26.2 Å². The average molecular weight is 286 g/mol. The zero-order valence-corrected chi connectivity index (χ0v) is 12.9. The van der Waals surface area contributed by atoms with Gasteiger partial charge in [-0.1, -0.05) is 13.8 Å². The fourth-order valence-electron chi connectivity index (χ4n) is 2.51. The third-order valence-electron chi connectivity index (χ3n) is 3.64. The zero-order valence-electron chi connectivity index (χ0n) is 12.9. The van der Waals surface area contributed by atoms with Gasteiger partial charge in [0.15, 0.2) is 0 Å². The van der Waals surface area contributed by atoms with Crippen molar-refractivity contribution in [3.63, 3.8) is 0 Å². The summed E-state index contributed by atoms with van der Waals surface area (Å²) in [4.78, 5) is 21.8. The second-order valence-corrected chi connectivity index (χ2v) is 5.53. The van der Waals surface area contributed by atoms with Gasteiger partial charge in [-0.25, -0.2) is 0 Å². The largest absolute Gasteiger partial charge is 0.465 e. The maximum absolute atomic E-state index is 11.0. The van der Waals surface area contributed by atoms with Gasteiger partial charge < -0.3 is 14.2 Å². The second kappa shape index (κ2) is 8.25. The van der Waals surface area contributed by atoms with E-state index >= 15 is 0 Å². The molecule has 1 saturated heterocycles. The topological polar surface area (TPSA) is 61.8 Å². The lowest BCUT2D eigenvalue weighted by Gasteiger charge is -2.22. The normalized spacial score (nSPS) is 25.0. The molecule has 0 unspecified atom stereocenters. The summed E-state index contributed by atoms with van der Waals surface area (Å²) in [6.45, 7) is 7.27. The van der Waals surface area contributed by atoms with Gasteiger partial charge in [-0.2, -0.15) is 0 Å². The molecule has 0 spiro atoms. The van der Waals surface area contributed by atoms with Crippen LogP contribution >= 0.6 is 0 Å². The van der Waals surface area contributed by atoms with Crippen molar-refractivity contribution >= 4 is 11.9 Å². The van der Waals surface area contributed by atoms with Crippen LogP contribution in [0.5, 0.6) is 0 Å². The first-order valence-corrected chi connectivity index (χ1v) is 7.38. The Morgan fingerprint density at radius 1 is 1.25 bits per heavy atom. The molecule has 0 N–H and O–H groups in total. The highest BCUT2D eigenvalue weighted by Crippen LogP contribution is 2.29. The van der Waals surface area contributed by atoms with Gasteiger partial charge in [-0.3, -0.25) is 9.59 Å². The van der Waals surface area contributed by atoms with E-state index in [0.29, 0.717) is 6.61 Å². The van der Waals surface area contributed by atoms with Crippen LogP contribution in [0.1, 0.15) is 53.4 Å². The van der Waals surface area contributed by atoms with Crippen molar-refractivity contribution in [1.82, 2.24) is 0 Å². The highest BCUT2D eigenvalue weighted by atomic mass is 16.6. The smallest absolute Gasteiger partial charge is 0.302 e. The lowest BCUT2D eigenvalue weighted by molar-refractivity contribution is -0.148. The van der Waals surface area contributed by atoms with E-state index in [1.54, 1.807) is 0 Å². The van der Waals surface area contributed by atoms with Crippen LogP contribution in [0.4, 0.5) is 0 Å². The summed E-state index contributed by atoms with van der Waals surface area (Å²) < 4.78 is 16.3. The minimum atomic E-state index is -0.257. The average Bonchev–Trinajstić information content (AvgIpc) is 2.83. The third kappa shape index (κ3) is 5.90. The first-order valence-electron chi connectivity index (χ1n) is 7.38. The minimum absolute atomic E-state index is 0.0694. The van der Waals surface area contributed by atoms with Crippen LogP contribution in [0.25, 0.3) is 0 Å². The fourth-order valence-corrected chi connectivity index (χ4v) is 2.51. The lowest BCUT2D eigenvalue weighted by Crippen LogP contribution is -2.26. The van der Waals surface area contributed by atoms with E-state index in [2.05, 4.69) is 0 Å². The van der Waals surface area contributed by atoms with Crippen molar-refractivity contribution in [3.8, 4) is 0 Å². The van der Waals surface area contributed by atoms with Crippen LogP contribution in [-0.2, 0) is 23.8 Å². The standard InChI is InChI=1S/C15H26O5/c1-5-13(19-12(4)17)8-14-6-7-15(20-14)10(2)9-18-11(3)16/h10,13-15H,5-9H2,1-4H3/t10-,13-,14-,15+/m1/s1. The van der Waals surface area contributed by atoms with E-state index in [0.717, 1.165) is 25.7 Å². The molecular formula is C15H26O5. The van der Waals surface area contributed by atoms with Crippen LogP contribution in [0, 0.1) is 5.92 Å². The molecule has 1 fully saturated rings. The van der Waals surface area contributed by atoms with Crippen molar-refractivity contribution in [2.24, 2.45) is 5.92 Å². The number of rotatable bonds is 7. The summed E-state index contributed by atoms with van der Waals surface area (Å²) in [5, 5.41) is 0. The van der Waals surface area contributed by atoms with Crippen LogP contribution in [0.15, 0.2) is 0 Å². The van der Waals surface area contributed by atoms with Crippen molar-refractivity contribution in [2.75, 3.05) is 6.61 Å². The van der Waals surface area contributed by atoms with E-state index in [1.807, 2.05) is 13.8 Å². The maximum Gasteiger partial charge on any atom is 0.302 e. The molecule has 0 aromatic heterocycles. The Balaban J connectivity index is 2.34. The molecule has 0 amide bonds. The van der Waals surface area contributed by atoms with Crippen LogP contribution in [-0.4, -0.2) is 36.9 Å². The molecule has 116 valence electrons. The van der Waals surface area contributed by atoms with Crippen molar-refractivity contribution in [2.45, 2.75) is 71.7 Å². The van der Waals surface area contributed by atoms with Gasteiger partial charge in [0.05, 0.1) is 18.8 Å². The number of hydrogen-bond acceptors (Lipinski definition) is 5. The zero-order chi connectivity index (χ0) is 15.1. The second-order valence-electron chi connectivity index (χ2n) is 5.53. The molecule has 0 aromatic rings. The van der Waals surface area contributed by atoms with Gasteiger partial charge in [0.25, 0.3) is 0 Å². The molecule has 0 aliphatic carbocycles. The molecular weight excluding hydrogens is 260 g/mol. The highest BCUT2D eigenvalue weighted by molar-refractivity contribution is 5.66. The van der Waals surface area contributed by atoms with Gasteiger partial charge >= 0.3 is 11.9 Å². The van der Waals surface area contributed by atoms with Gasteiger partial charge in [-0.15, -0.1) is 0 Å². The van der Waals surface area contributed by atoms with E-state index in [1.165, 1.54) is 13.8 Å². The summed E-state index contributed by atoms with van der Waals surface area (Å²) >= 11 is 0. The van der Waals surface area contributed by atoms with Gasteiger partial charge in [-0.05, 0) is 19.3 Å². The SMILES string of the molecule is CC[C@H](C[C@H]1CC[C@@H]([C@H](C)COC(C)=O)O1)OC(C)=O. The number of esters is 2. The molecule has 20 heavy (non-hydrogen) atoms. The van der Waals surface area contributed by atoms with E-state index in [4.69, 9.17) is 14.2 Å². The lowest BCUT2D eigenvalue weighted by atomic mass is 10.0. The number of hydrogen-bond donors (Lipinski definition) is 0. The third-order valence-corrected chi connectivity index (χ3v) is 3.64. The predicted molar refractivity (Wildman–Crippen MR) is 74.2 cm³/mol. The Morgan fingerprint density at radius 3 is 2.50 bits per heavy atom. The van der Waals surface area contributed by atoms with Crippen molar-refractivity contribution < 1.29 is 23.8 Å². The molecule has 5 heteroatoms. The first-order chi connectivity index (χ1) is 9.42. The first kappa shape index (κ1) is 17.0. The summed E-state index contributed by atoms with van der Waals surface area (Å²) in [7, 11) is 0. The molecule has 0 radical (unpaired) electrons. The van der Waals surface area contributed by atoms with Crippen molar-refractivity contribution in [1.29, 1.82) is 0 Å². The highest BCUT2D eigenvalue weighted by Gasteiger charge is 2.31. The van der Waals surface area contributed by atoms with E-state index < -0.39 is 0 Å². The van der Waals surface area contributed by atoms with Crippen LogP contribution < -0.4 is 0 Å². The quantitative estimate of drug-likeness (QED) is 0.673. The fraction of sp³-hybridized carbons (Fsp3) is 0.867. The van der Waals surface area contributed by atoms with Crippen molar-refractivity contribution in [3.05, 3.63) is 0 Å². The molecule has 4 atom stereocenters. The molecule has 0 saturated carbocycles. The van der Waals surface area contributed by atoms with Crippen LogP contribution in [0.3, 0.4) is 0 Å². The Hall–Kier alpha value is -1.10. The summed E-state index contributed by atoms with van der Waals surface area (Å²) in [5.74, 6) is -0.306. The molecule has 1 rings (SSSR count). The Morgan fingerprint density at radius 2 is 1.95 bits per heavy atom. The molecule has 1 aliphatic rings. The van der Waals surface area contributed by atoms with E-state index in [-0.39, 0.29) is 36.2 Å². The minimum Gasteiger partial charge on any atom is -0.465 e. The molecule has 1 aliphatic heterocycles. The summed E-state index contributed by atoms with van der Waals surface area (Å²) in [6.07, 6.45) is 3.65. The van der Waals surface area contributed by atoms with Gasteiger partial charge in [0.1, 0.15) is 6.10 Å². The van der Waals surface area contributed by atoms with Crippen LogP contribution in [0.2, 0.25) is 0 Å². The molecule has 0 aromatic carbocycles. The summed E-state index contributed by atoms with van der Waals surface area (Å²) in [5.41, 5.74) is 0. The predicted octanol–water partition coefficient (Wildman–Crippen LogP) is 2.47. The molecule has 5 nitrogen and oxygen atoms in total. The molecule has 1 heterocycles. The molecule has 0 bridgehead atoms. The number of ether oxygens (including phenoxy) is 3. The van der Waals surface area contributed by atoms with Gasteiger partial charge in [0.2, 0.25) is 0 Å². The Labute approximate surface area is 121 Å². The van der Waals surface area contributed by atoms with E-state index in [9.17, 15) is 9.59 Å². The summed E-state index contributed by atoms with van der Waals surface area (Å²) in [6, 6.07) is 0. The monoisotopic (exact) mass is 286 g/mol.